The second kappa shape index (κ2) is 4.96. The quantitative estimate of drug-likeness (QED) is 0.899. The maximum Gasteiger partial charge on any atom is 0.358 e. The molecule has 2 rings (SSSR count). The Kier molecular flexibility index (Phi) is 3.38. The smallest absolute Gasteiger partial charge is 0.358 e. The van der Waals surface area contributed by atoms with Crippen LogP contribution < -0.4 is 4.74 Å². The summed E-state index contributed by atoms with van der Waals surface area (Å²) in [6, 6.07) is 7.20. The molecule has 0 amide bonds. The lowest BCUT2D eigenvalue weighted by atomic mass is 10.3. The van der Waals surface area contributed by atoms with Gasteiger partial charge < -0.3 is 9.84 Å². The molecule has 1 aromatic carbocycles. The zero-order chi connectivity index (χ0) is 12.3. The standard InChI is InChI=1S/C10H8BrN3O3/c11-6-1-3-7(4-2-6)17-5-8-9(10(15)16)13-14-12-8/h1-4H,5H2,(H,15,16)(H,12,13,14). The number of hydrogen-bond acceptors (Lipinski definition) is 4. The van der Waals surface area contributed by atoms with E-state index in [9.17, 15) is 4.79 Å². The molecule has 0 aliphatic carbocycles. The number of rotatable bonds is 4. The summed E-state index contributed by atoms with van der Waals surface area (Å²) in [5.41, 5.74) is 0.141. The monoisotopic (exact) mass is 297 g/mol. The Morgan fingerprint density at radius 2 is 2.06 bits per heavy atom. The minimum Gasteiger partial charge on any atom is -0.487 e. The Bertz CT molecular complexity index is 524. The fraction of sp³-hybridized carbons (Fsp3) is 0.100. The van der Waals surface area contributed by atoms with Gasteiger partial charge in [-0.3, -0.25) is 0 Å². The predicted molar refractivity (Wildman–Crippen MR) is 61.8 cm³/mol. The summed E-state index contributed by atoms with van der Waals surface area (Å²) < 4.78 is 6.33. The summed E-state index contributed by atoms with van der Waals surface area (Å²) in [5.74, 6) is -0.499. The molecule has 2 N–H and O–H groups in total. The first-order valence-corrected chi connectivity index (χ1v) is 5.47. The van der Waals surface area contributed by atoms with Crippen molar-refractivity contribution in [1.82, 2.24) is 15.4 Å². The molecular weight excluding hydrogens is 290 g/mol. The summed E-state index contributed by atoms with van der Waals surface area (Å²) in [4.78, 5) is 10.8. The summed E-state index contributed by atoms with van der Waals surface area (Å²) in [6.07, 6.45) is 0. The number of carbonyl (C=O) groups is 1. The SMILES string of the molecule is O=C(O)c1n[nH]nc1COc1ccc(Br)cc1. The van der Waals surface area contributed by atoms with Gasteiger partial charge in [-0.05, 0) is 24.3 Å². The van der Waals surface area contributed by atoms with E-state index in [2.05, 4.69) is 31.3 Å². The van der Waals surface area contributed by atoms with Gasteiger partial charge in [-0.2, -0.15) is 10.3 Å². The molecule has 0 saturated heterocycles. The van der Waals surface area contributed by atoms with Gasteiger partial charge in [0.05, 0.1) is 0 Å². The first-order chi connectivity index (χ1) is 8.16. The van der Waals surface area contributed by atoms with Gasteiger partial charge in [0.25, 0.3) is 0 Å². The largest absolute Gasteiger partial charge is 0.487 e. The van der Waals surface area contributed by atoms with Crippen LogP contribution in [0.3, 0.4) is 0 Å². The van der Waals surface area contributed by atoms with E-state index in [0.717, 1.165) is 4.47 Å². The molecule has 0 unspecified atom stereocenters. The highest BCUT2D eigenvalue weighted by molar-refractivity contribution is 9.10. The highest BCUT2D eigenvalue weighted by atomic mass is 79.9. The predicted octanol–water partition coefficient (Wildman–Crippen LogP) is 1.84. The van der Waals surface area contributed by atoms with E-state index in [4.69, 9.17) is 9.84 Å². The Hall–Kier alpha value is -1.89. The van der Waals surface area contributed by atoms with Crippen LogP contribution in [0.1, 0.15) is 16.2 Å². The van der Waals surface area contributed by atoms with Crippen LogP contribution >= 0.6 is 15.9 Å². The lowest BCUT2D eigenvalue weighted by Crippen LogP contribution is -2.05. The Morgan fingerprint density at radius 3 is 2.71 bits per heavy atom. The highest BCUT2D eigenvalue weighted by Crippen LogP contribution is 2.17. The molecule has 7 heteroatoms. The van der Waals surface area contributed by atoms with Crippen molar-refractivity contribution in [3.8, 4) is 5.75 Å². The third-order valence-corrected chi connectivity index (χ3v) is 2.54. The number of nitrogens with one attached hydrogen (secondary N) is 1. The number of carboxylic acids is 1. The van der Waals surface area contributed by atoms with Crippen molar-refractivity contribution in [3.05, 3.63) is 40.1 Å². The van der Waals surface area contributed by atoms with E-state index in [1.165, 1.54) is 0 Å². The molecule has 88 valence electrons. The van der Waals surface area contributed by atoms with Crippen molar-refractivity contribution in [2.45, 2.75) is 6.61 Å². The summed E-state index contributed by atoms with van der Waals surface area (Å²) >= 11 is 3.31. The number of aromatic amines is 1. The zero-order valence-electron chi connectivity index (χ0n) is 8.55. The molecular formula is C10H8BrN3O3. The van der Waals surface area contributed by atoms with Gasteiger partial charge in [0, 0.05) is 4.47 Å². The van der Waals surface area contributed by atoms with Crippen molar-refractivity contribution in [1.29, 1.82) is 0 Å². The molecule has 6 nitrogen and oxygen atoms in total. The molecule has 0 atom stereocenters. The number of H-pyrrole nitrogens is 1. The second-order valence-electron chi connectivity index (χ2n) is 3.17. The third-order valence-electron chi connectivity index (χ3n) is 2.01. The van der Waals surface area contributed by atoms with Crippen molar-refractivity contribution < 1.29 is 14.6 Å². The molecule has 0 bridgehead atoms. The van der Waals surface area contributed by atoms with Crippen LogP contribution in [-0.2, 0) is 6.61 Å². The average Bonchev–Trinajstić information content (AvgIpc) is 2.76. The van der Waals surface area contributed by atoms with Crippen molar-refractivity contribution in [3.63, 3.8) is 0 Å². The van der Waals surface area contributed by atoms with Crippen LogP contribution in [0.5, 0.6) is 5.75 Å². The molecule has 0 aliphatic heterocycles. The van der Waals surface area contributed by atoms with Gasteiger partial charge in [-0.1, -0.05) is 15.9 Å². The molecule has 0 fully saturated rings. The number of nitrogens with zero attached hydrogens (tertiary/aromatic N) is 2. The molecule has 0 aliphatic rings. The second-order valence-corrected chi connectivity index (χ2v) is 4.08. The average molecular weight is 298 g/mol. The van der Waals surface area contributed by atoms with E-state index in [-0.39, 0.29) is 18.0 Å². The fourth-order valence-electron chi connectivity index (χ4n) is 1.21. The number of benzene rings is 1. The van der Waals surface area contributed by atoms with Crippen LogP contribution in [0, 0.1) is 0 Å². The lowest BCUT2D eigenvalue weighted by Gasteiger charge is -2.03. The van der Waals surface area contributed by atoms with E-state index in [1.807, 2.05) is 12.1 Å². The van der Waals surface area contributed by atoms with Gasteiger partial charge in [0.15, 0.2) is 5.69 Å². The van der Waals surface area contributed by atoms with Crippen LogP contribution in [0.4, 0.5) is 0 Å². The molecule has 1 heterocycles. The first kappa shape index (κ1) is 11.6. The Labute approximate surface area is 105 Å². The van der Waals surface area contributed by atoms with E-state index in [1.54, 1.807) is 12.1 Å². The highest BCUT2D eigenvalue weighted by Gasteiger charge is 2.15. The normalized spacial score (nSPS) is 10.2. The van der Waals surface area contributed by atoms with Crippen molar-refractivity contribution in [2.24, 2.45) is 0 Å². The summed E-state index contributed by atoms with van der Waals surface area (Å²) in [5, 5.41) is 18.3. The Morgan fingerprint density at radius 1 is 1.35 bits per heavy atom. The van der Waals surface area contributed by atoms with E-state index < -0.39 is 5.97 Å². The number of hydrogen-bond donors (Lipinski definition) is 2. The maximum atomic E-state index is 10.8. The molecule has 0 spiro atoms. The Balaban J connectivity index is 2.05. The zero-order valence-corrected chi connectivity index (χ0v) is 10.1. The van der Waals surface area contributed by atoms with Gasteiger partial charge in [0.2, 0.25) is 0 Å². The first-order valence-electron chi connectivity index (χ1n) is 4.68. The van der Waals surface area contributed by atoms with Gasteiger partial charge in [-0.15, -0.1) is 5.10 Å². The van der Waals surface area contributed by atoms with Crippen LogP contribution in [-0.4, -0.2) is 26.5 Å². The van der Waals surface area contributed by atoms with Gasteiger partial charge in [-0.25, -0.2) is 4.79 Å². The number of carboxylic acid groups (broad SMARTS) is 1. The van der Waals surface area contributed by atoms with Gasteiger partial charge in [0.1, 0.15) is 18.1 Å². The van der Waals surface area contributed by atoms with Gasteiger partial charge >= 0.3 is 5.97 Å². The topological polar surface area (TPSA) is 88.1 Å². The lowest BCUT2D eigenvalue weighted by molar-refractivity contribution is 0.0687. The van der Waals surface area contributed by atoms with Crippen LogP contribution in [0.25, 0.3) is 0 Å². The summed E-state index contributed by atoms with van der Waals surface area (Å²) in [6.45, 7) is 0.0553. The van der Waals surface area contributed by atoms with Crippen LogP contribution in [0.15, 0.2) is 28.7 Å². The minimum absolute atomic E-state index is 0.0553. The number of aromatic nitrogens is 3. The van der Waals surface area contributed by atoms with E-state index in [0.29, 0.717) is 5.75 Å². The van der Waals surface area contributed by atoms with Crippen molar-refractivity contribution >= 4 is 21.9 Å². The van der Waals surface area contributed by atoms with E-state index >= 15 is 0 Å². The number of aromatic carboxylic acids is 1. The van der Waals surface area contributed by atoms with Crippen LogP contribution in [0.2, 0.25) is 0 Å². The number of ether oxygens (including phenoxy) is 1. The fourth-order valence-corrected chi connectivity index (χ4v) is 1.47. The molecule has 0 radical (unpaired) electrons. The summed E-state index contributed by atoms with van der Waals surface area (Å²) in [7, 11) is 0. The maximum absolute atomic E-state index is 10.8. The van der Waals surface area contributed by atoms with Crippen molar-refractivity contribution in [2.75, 3.05) is 0 Å². The minimum atomic E-state index is -1.13. The third kappa shape index (κ3) is 2.82. The molecule has 2 aromatic rings. The molecule has 0 saturated carbocycles. The number of halogens is 1. The molecule has 17 heavy (non-hydrogen) atoms. The molecule has 1 aromatic heterocycles.